The van der Waals surface area contributed by atoms with Crippen LogP contribution in [0, 0.1) is 6.85 Å². The van der Waals surface area contributed by atoms with Crippen molar-refractivity contribution in [1.29, 1.82) is 0 Å². The number of fused-ring (bicyclic) bond motifs is 3. The first-order valence-corrected chi connectivity index (χ1v) is 7.63. The van der Waals surface area contributed by atoms with Gasteiger partial charge in [-0.05, 0) is 44.4 Å². The molecule has 4 heterocycles. The van der Waals surface area contributed by atoms with Crippen LogP contribution in [0.5, 0.6) is 0 Å². The third-order valence-electron chi connectivity index (χ3n) is 4.36. The van der Waals surface area contributed by atoms with E-state index in [0.29, 0.717) is 11.3 Å². The molecule has 0 radical (unpaired) electrons. The van der Waals surface area contributed by atoms with E-state index in [4.69, 9.17) is 8.53 Å². The van der Waals surface area contributed by atoms with Gasteiger partial charge in [0.15, 0.2) is 5.42 Å². The zero-order valence-electron chi connectivity index (χ0n) is 16.4. The standard InChI is InChI=1S/C18H19BN3O/c1-12-7-8-16(21(4)11-12)22-13(2)17-15(10-19(22)3)14-6-5-9-20-18(14)23-17/h5-11H,1-4H3/q+1/i1D3. The lowest BCUT2D eigenvalue weighted by atomic mass is 9.61. The van der Waals surface area contributed by atoms with Crippen LogP contribution >= 0.6 is 0 Å². The zero-order chi connectivity index (χ0) is 18.6. The lowest BCUT2D eigenvalue weighted by molar-refractivity contribution is -0.658. The molecule has 1 aliphatic rings. The number of hydrogen-bond donors (Lipinski definition) is 0. The van der Waals surface area contributed by atoms with E-state index >= 15 is 0 Å². The molecule has 114 valence electrons. The minimum absolute atomic E-state index is 0.0910. The summed E-state index contributed by atoms with van der Waals surface area (Å²) in [5, 5.41) is 2.08. The summed E-state index contributed by atoms with van der Waals surface area (Å²) in [6, 6.07) is 7.44. The molecule has 0 saturated carbocycles. The van der Waals surface area contributed by atoms with Gasteiger partial charge in [0.05, 0.1) is 13.2 Å². The maximum atomic E-state index is 7.60. The Morgan fingerprint density at radius 1 is 1.35 bits per heavy atom. The fourth-order valence-corrected chi connectivity index (χ4v) is 3.35. The molecule has 23 heavy (non-hydrogen) atoms. The predicted molar refractivity (Wildman–Crippen MR) is 93.3 cm³/mol. The molecule has 0 unspecified atom stereocenters. The largest absolute Gasteiger partial charge is 0.434 e. The first-order chi connectivity index (χ1) is 12.3. The van der Waals surface area contributed by atoms with Gasteiger partial charge in [-0.2, -0.15) is 0 Å². The van der Waals surface area contributed by atoms with E-state index in [1.54, 1.807) is 18.5 Å². The van der Waals surface area contributed by atoms with E-state index in [9.17, 15) is 0 Å². The molecular weight excluding hydrogens is 285 g/mol. The Morgan fingerprint density at radius 3 is 3.00 bits per heavy atom. The van der Waals surface area contributed by atoms with Gasteiger partial charge in [-0.1, -0.05) is 5.98 Å². The molecule has 4 rings (SSSR count). The summed E-state index contributed by atoms with van der Waals surface area (Å²) >= 11 is 0. The minimum atomic E-state index is -2.12. The summed E-state index contributed by atoms with van der Waals surface area (Å²) < 4.78 is 30.6. The Morgan fingerprint density at radius 2 is 2.22 bits per heavy atom. The van der Waals surface area contributed by atoms with Gasteiger partial charge in [0.25, 0.3) is 5.82 Å². The van der Waals surface area contributed by atoms with Crippen LogP contribution in [-0.4, -0.2) is 11.8 Å². The highest BCUT2D eigenvalue weighted by Crippen LogP contribution is 2.20. The van der Waals surface area contributed by atoms with Gasteiger partial charge in [0, 0.05) is 27.0 Å². The molecule has 0 aliphatic carbocycles. The molecule has 0 N–H and O–H groups in total. The molecular formula is C18H19BN3O+. The van der Waals surface area contributed by atoms with Crippen LogP contribution in [0.2, 0.25) is 6.82 Å². The van der Waals surface area contributed by atoms with E-state index in [0.717, 1.165) is 27.5 Å². The smallest absolute Gasteiger partial charge is 0.402 e. The number of aryl methyl sites for hydroxylation is 2. The van der Waals surface area contributed by atoms with Gasteiger partial charge in [0.1, 0.15) is 5.70 Å². The topological polar surface area (TPSA) is 33.2 Å². The highest BCUT2D eigenvalue weighted by Gasteiger charge is 2.33. The molecule has 0 fully saturated rings. The van der Waals surface area contributed by atoms with Crippen molar-refractivity contribution in [2.45, 2.75) is 20.6 Å². The van der Waals surface area contributed by atoms with Crippen molar-refractivity contribution in [3.63, 3.8) is 0 Å². The number of aromatic nitrogens is 2. The molecule has 5 heteroatoms. The van der Waals surface area contributed by atoms with Gasteiger partial charge in [-0.3, -0.25) is 4.81 Å². The molecule has 0 aromatic carbocycles. The second kappa shape index (κ2) is 4.98. The quantitative estimate of drug-likeness (QED) is 0.505. The van der Waals surface area contributed by atoms with Crippen LogP contribution in [0.1, 0.15) is 16.6 Å². The van der Waals surface area contributed by atoms with Gasteiger partial charge in [-0.15, -0.1) is 0 Å². The van der Waals surface area contributed by atoms with E-state index in [-0.39, 0.29) is 6.85 Å². The molecule has 4 nitrogen and oxygen atoms in total. The molecule has 3 aromatic heterocycles. The Bertz CT molecular complexity index is 1140. The third kappa shape index (κ3) is 2.07. The Hall–Kier alpha value is -2.56. The summed E-state index contributed by atoms with van der Waals surface area (Å²) in [6.45, 7) is 2.10. The predicted octanol–water partition coefficient (Wildman–Crippen LogP) is 1.55. The van der Waals surface area contributed by atoms with Gasteiger partial charge < -0.3 is 4.42 Å². The van der Waals surface area contributed by atoms with Crippen LogP contribution in [0.15, 0.2) is 41.1 Å². The number of furan rings is 1. The fraction of sp³-hybridized carbons (Fsp3) is 0.222. The SMILES string of the molecule is [2H]C([2H])([2H])c1ccc(N2B(C)C=c3c(oc4ncccc34)=C2C)[n+](C)c1. The maximum absolute atomic E-state index is 7.60. The van der Waals surface area contributed by atoms with Crippen molar-refractivity contribution in [2.24, 2.45) is 7.05 Å². The van der Waals surface area contributed by atoms with Crippen molar-refractivity contribution < 1.29 is 13.1 Å². The van der Waals surface area contributed by atoms with E-state index in [2.05, 4.69) is 22.6 Å². The van der Waals surface area contributed by atoms with Crippen LogP contribution in [0.4, 0.5) is 5.82 Å². The van der Waals surface area contributed by atoms with Crippen LogP contribution in [0.25, 0.3) is 22.8 Å². The van der Waals surface area contributed by atoms with Gasteiger partial charge in [-0.25, -0.2) is 9.55 Å². The normalized spacial score (nSPS) is 16.7. The number of rotatable bonds is 1. The van der Waals surface area contributed by atoms with E-state index in [1.807, 2.05) is 36.7 Å². The highest BCUT2D eigenvalue weighted by atomic mass is 16.3. The zero-order valence-corrected chi connectivity index (χ0v) is 13.4. The Balaban J connectivity index is 1.91. The second-order valence-corrected chi connectivity index (χ2v) is 5.95. The molecule has 0 bridgehead atoms. The molecule has 3 aromatic rings. The average molecular weight is 307 g/mol. The van der Waals surface area contributed by atoms with Crippen molar-refractivity contribution in [3.05, 3.63) is 52.9 Å². The summed E-state index contributed by atoms with van der Waals surface area (Å²) in [7, 11) is 1.86. The summed E-state index contributed by atoms with van der Waals surface area (Å²) in [4.78, 5) is 6.46. The number of pyridine rings is 2. The fourth-order valence-electron chi connectivity index (χ4n) is 3.35. The summed E-state index contributed by atoms with van der Waals surface area (Å²) in [6.07, 6.45) is 3.39. The van der Waals surface area contributed by atoms with Crippen LogP contribution < -0.4 is 20.0 Å². The Kier molecular flexibility index (Phi) is 2.39. The summed E-state index contributed by atoms with van der Waals surface area (Å²) in [5.74, 6) is 3.06. The molecule has 0 atom stereocenters. The molecule has 0 spiro atoms. The average Bonchev–Trinajstić information content (AvgIpc) is 2.94. The van der Waals surface area contributed by atoms with Gasteiger partial charge >= 0.3 is 6.85 Å². The van der Waals surface area contributed by atoms with E-state index in [1.165, 1.54) is 0 Å². The van der Waals surface area contributed by atoms with Crippen LogP contribution in [0.3, 0.4) is 0 Å². The Labute approximate surface area is 139 Å². The first-order valence-electron chi connectivity index (χ1n) is 9.13. The summed E-state index contributed by atoms with van der Waals surface area (Å²) in [5.41, 5.74) is 2.73. The number of nitrogens with zero attached hydrogens (tertiary/aromatic N) is 3. The maximum Gasteiger partial charge on any atom is 0.402 e. The number of anilines is 1. The highest BCUT2D eigenvalue weighted by molar-refractivity contribution is 6.77. The third-order valence-corrected chi connectivity index (χ3v) is 4.36. The van der Waals surface area contributed by atoms with E-state index < -0.39 is 6.85 Å². The van der Waals surface area contributed by atoms with Gasteiger partial charge in [0.2, 0.25) is 5.71 Å². The van der Waals surface area contributed by atoms with Crippen molar-refractivity contribution >= 4 is 35.4 Å². The van der Waals surface area contributed by atoms with Crippen molar-refractivity contribution in [1.82, 2.24) is 4.98 Å². The monoisotopic (exact) mass is 307 g/mol. The van der Waals surface area contributed by atoms with Crippen molar-refractivity contribution in [2.75, 3.05) is 4.81 Å². The molecule has 1 aliphatic heterocycles. The van der Waals surface area contributed by atoms with Crippen LogP contribution in [-0.2, 0) is 7.05 Å². The molecule has 0 saturated heterocycles. The number of hydrogen-bond acceptors (Lipinski definition) is 3. The lowest BCUT2D eigenvalue weighted by Gasteiger charge is -2.23. The molecule has 0 amide bonds. The van der Waals surface area contributed by atoms with Crippen molar-refractivity contribution in [3.8, 4) is 0 Å². The minimum Gasteiger partial charge on any atom is -0.434 e. The second-order valence-electron chi connectivity index (χ2n) is 5.95. The lowest BCUT2D eigenvalue weighted by Crippen LogP contribution is -2.50. The first kappa shape index (κ1) is 11.1.